The molecule has 8 heteroatoms. The van der Waals surface area contributed by atoms with Crippen LogP contribution in [-0.2, 0) is 0 Å². The number of rotatable bonds is 6. The quantitative estimate of drug-likeness (QED) is 0.383. The molecule has 1 aliphatic heterocycles. The summed E-state index contributed by atoms with van der Waals surface area (Å²) in [6, 6.07) is 12.7. The maximum atomic E-state index is 12.6. The summed E-state index contributed by atoms with van der Waals surface area (Å²) in [4.78, 5) is 20.9. The molecule has 8 nitrogen and oxygen atoms in total. The summed E-state index contributed by atoms with van der Waals surface area (Å²) in [5, 5.41) is 18.6. The number of carbonyl (C=O) groups excluding carboxylic acids is 1. The molecule has 4 rings (SSSR count). The Morgan fingerprint density at radius 3 is 2.78 bits per heavy atom. The SMILES string of the molecule is Cc1cc(C(=O)Nc2ccccn2)ccc1C(=N)c1c(N[C@@H]2CCCNC2)ccnc1N. The molecule has 0 bridgehead atoms. The number of carbonyl (C=O) groups is 1. The number of nitrogen functional groups attached to an aromatic ring is 1. The lowest BCUT2D eigenvalue weighted by Crippen LogP contribution is -2.38. The van der Waals surface area contributed by atoms with Crippen LogP contribution in [-0.4, -0.2) is 40.7 Å². The molecule has 1 aromatic carbocycles. The van der Waals surface area contributed by atoms with E-state index in [-0.39, 0.29) is 17.7 Å². The van der Waals surface area contributed by atoms with E-state index in [0.29, 0.717) is 28.3 Å². The van der Waals surface area contributed by atoms with E-state index >= 15 is 0 Å². The molecule has 2 aromatic heterocycles. The summed E-state index contributed by atoms with van der Waals surface area (Å²) in [5.41, 5.74) is 9.85. The van der Waals surface area contributed by atoms with E-state index < -0.39 is 0 Å². The number of hydrogen-bond acceptors (Lipinski definition) is 7. The van der Waals surface area contributed by atoms with Gasteiger partial charge in [0.1, 0.15) is 11.6 Å². The van der Waals surface area contributed by atoms with Crippen LogP contribution in [0.3, 0.4) is 0 Å². The van der Waals surface area contributed by atoms with Gasteiger partial charge in [-0.2, -0.15) is 0 Å². The van der Waals surface area contributed by atoms with Crippen molar-refractivity contribution in [3.8, 4) is 0 Å². The van der Waals surface area contributed by atoms with Gasteiger partial charge in [0, 0.05) is 41.8 Å². The molecule has 164 valence electrons. The van der Waals surface area contributed by atoms with E-state index in [9.17, 15) is 4.79 Å². The van der Waals surface area contributed by atoms with E-state index in [0.717, 1.165) is 37.2 Å². The highest BCUT2D eigenvalue weighted by atomic mass is 16.1. The van der Waals surface area contributed by atoms with Crippen LogP contribution in [0.2, 0.25) is 0 Å². The van der Waals surface area contributed by atoms with E-state index in [1.807, 2.05) is 19.1 Å². The van der Waals surface area contributed by atoms with E-state index in [1.54, 1.807) is 42.7 Å². The number of nitrogens with zero attached hydrogens (tertiary/aromatic N) is 2. The molecule has 0 saturated carbocycles. The maximum absolute atomic E-state index is 12.6. The maximum Gasteiger partial charge on any atom is 0.256 e. The minimum atomic E-state index is -0.252. The molecule has 3 aromatic rings. The second-order valence-electron chi connectivity index (χ2n) is 7.88. The van der Waals surface area contributed by atoms with Gasteiger partial charge in [0.2, 0.25) is 0 Å². The molecule has 1 atom stereocenters. The third kappa shape index (κ3) is 4.76. The molecular formula is C24H27N7O. The molecule has 1 fully saturated rings. The van der Waals surface area contributed by atoms with Crippen LogP contribution >= 0.6 is 0 Å². The monoisotopic (exact) mass is 429 g/mol. The molecule has 0 aliphatic carbocycles. The first-order valence-electron chi connectivity index (χ1n) is 10.7. The number of anilines is 3. The van der Waals surface area contributed by atoms with E-state index in [4.69, 9.17) is 11.1 Å². The number of piperidine rings is 1. The fourth-order valence-electron chi connectivity index (χ4n) is 3.90. The number of aromatic nitrogens is 2. The Morgan fingerprint density at radius 1 is 1.19 bits per heavy atom. The van der Waals surface area contributed by atoms with Gasteiger partial charge in [-0.25, -0.2) is 9.97 Å². The van der Waals surface area contributed by atoms with Crippen LogP contribution in [0.25, 0.3) is 0 Å². The van der Waals surface area contributed by atoms with Crippen molar-refractivity contribution in [3.05, 3.63) is 77.1 Å². The highest BCUT2D eigenvalue weighted by molar-refractivity contribution is 6.17. The first-order valence-corrected chi connectivity index (χ1v) is 10.7. The largest absolute Gasteiger partial charge is 0.383 e. The second kappa shape index (κ2) is 9.57. The molecule has 0 unspecified atom stereocenters. The topological polar surface area (TPSA) is 129 Å². The summed E-state index contributed by atoms with van der Waals surface area (Å²) in [5.74, 6) is 0.543. The number of aryl methyl sites for hydroxylation is 1. The molecule has 1 aliphatic rings. The zero-order valence-electron chi connectivity index (χ0n) is 18.0. The van der Waals surface area contributed by atoms with Crippen LogP contribution in [0.1, 0.15) is 39.9 Å². The van der Waals surface area contributed by atoms with E-state index in [2.05, 4.69) is 25.9 Å². The smallest absolute Gasteiger partial charge is 0.256 e. The second-order valence-corrected chi connectivity index (χ2v) is 7.88. The lowest BCUT2D eigenvalue weighted by molar-refractivity contribution is 0.102. The molecule has 1 amide bonds. The Kier molecular flexibility index (Phi) is 6.42. The normalized spacial score (nSPS) is 15.7. The van der Waals surface area contributed by atoms with Crippen molar-refractivity contribution in [2.75, 3.05) is 29.5 Å². The van der Waals surface area contributed by atoms with Crippen LogP contribution in [0, 0.1) is 12.3 Å². The summed E-state index contributed by atoms with van der Waals surface area (Å²) < 4.78 is 0. The summed E-state index contributed by atoms with van der Waals surface area (Å²) >= 11 is 0. The Morgan fingerprint density at radius 2 is 2.06 bits per heavy atom. The number of amides is 1. The number of benzene rings is 1. The first-order chi connectivity index (χ1) is 15.5. The van der Waals surface area contributed by atoms with Gasteiger partial charge in [0.25, 0.3) is 5.91 Å². The van der Waals surface area contributed by atoms with Crippen molar-refractivity contribution in [1.82, 2.24) is 15.3 Å². The lowest BCUT2D eigenvalue weighted by atomic mass is 9.95. The molecular weight excluding hydrogens is 402 g/mol. The highest BCUT2D eigenvalue weighted by Crippen LogP contribution is 2.27. The van der Waals surface area contributed by atoms with Crippen LogP contribution < -0.4 is 21.7 Å². The standard InChI is InChI=1S/C24H27N7O/c1-15-13-16(24(32)31-20-6-2-3-11-28-20)7-8-18(15)22(25)21-19(9-12-29-23(21)26)30-17-5-4-10-27-14-17/h2-3,6-9,11-13,17,25,27H,4-5,10,14H2,1H3,(H3,26,29,30)(H,28,31,32)/t17-/m1/s1. The minimum Gasteiger partial charge on any atom is -0.383 e. The van der Waals surface area contributed by atoms with Gasteiger partial charge >= 0.3 is 0 Å². The predicted octanol–water partition coefficient (Wildman–Crippen LogP) is 3.20. The molecule has 6 N–H and O–H groups in total. The number of nitrogens with one attached hydrogen (secondary N) is 4. The molecule has 32 heavy (non-hydrogen) atoms. The Labute approximate surface area is 187 Å². The van der Waals surface area contributed by atoms with Gasteiger partial charge in [-0.1, -0.05) is 12.1 Å². The van der Waals surface area contributed by atoms with E-state index in [1.165, 1.54) is 0 Å². The van der Waals surface area contributed by atoms with Crippen molar-refractivity contribution in [2.45, 2.75) is 25.8 Å². The predicted molar refractivity (Wildman–Crippen MR) is 127 cm³/mol. The van der Waals surface area contributed by atoms with Gasteiger partial charge in [0.05, 0.1) is 11.3 Å². The summed E-state index contributed by atoms with van der Waals surface area (Å²) in [6.45, 7) is 3.78. The van der Waals surface area contributed by atoms with Gasteiger partial charge in [-0.3, -0.25) is 10.2 Å². The minimum absolute atomic E-state index is 0.252. The Balaban J connectivity index is 1.57. The first kappa shape index (κ1) is 21.5. The lowest BCUT2D eigenvalue weighted by Gasteiger charge is -2.26. The van der Waals surface area contributed by atoms with Crippen LogP contribution in [0.15, 0.2) is 54.9 Å². The van der Waals surface area contributed by atoms with Gasteiger partial charge in [0.15, 0.2) is 0 Å². The van der Waals surface area contributed by atoms with Gasteiger partial charge in [-0.15, -0.1) is 0 Å². The van der Waals surface area contributed by atoms with Crippen molar-refractivity contribution in [3.63, 3.8) is 0 Å². The molecule has 3 heterocycles. The number of hydrogen-bond donors (Lipinski definition) is 5. The van der Waals surface area contributed by atoms with Gasteiger partial charge < -0.3 is 21.7 Å². The average Bonchev–Trinajstić information content (AvgIpc) is 2.80. The van der Waals surface area contributed by atoms with Crippen LogP contribution in [0.5, 0.6) is 0 Å². The van der Waals surface area contributed by atoms with Crippen molar-refractivity contribution < 1.29 is 4.79 Å². The van der Waals surface area contributed by atoms with Crippen molar-refractivity contribution in [2.24, 2.45) is 0 Å². The zero-order valence-corrected chi connectivity index (χ0v) is 18.0. The van der Waals surface area contributed by atoms with Gasteiger partial charge in [-0.05, 0) is 62.2 Å². The Hall–Kier alpha value is -3.78. The number of nitrogens with two attached hydrogens (primary N) is 1. The third-order valence-corrected chi connectivity index (χ3v) is 5.55. The fraction of sp³-hybridized carbons (Fsp3) is 0.250. The summed E-state index contributed by atoms with van der Waals surface area (Å²) in [7, 11) is 0. The molecule has 0 radical (unpaired) electrons. The Bertz CT molecular complexity index is 1120. The fourth-order valence-corrected chi connectivity index (χ4v) is 3.90. The molecule has 0 spiro atoms. The highest BCUT2D eigenvalue weighted by Gasteiger charge is 2.20. The third-order valence-electron chi connectivity index (χ3n) is 5.55. The molecule has 1 saturated heterocycles. The van der Waals surface area contributed by atoms with Crippen molar-refractivity contribution >= 4 is 28.9 Å². The van der Waals surface area contributed by atoms with Crippen molar-refractivity contribution in [1.29, 1.82) is 5.41 Å². The number of pyridine rings is 2. The zero-order chi connectivity index (χ0) is 22.5. The average molecular weight is 430 g/mol. The summed E-state index contributed by atoms with van der Waals surface area (Å²) in [6.07, 6.45) is 5.44. The van der Waals surface area contributed by atoms with Crippen LogP contribution in [0.4, 0.5) is 17.3 Å².